The fraction of sp³-hybridized carbons (Fsp3) is 0.229. The van der Waals surface area contributed by atoms with Crippen molar-refractivity contribution in [2.45, 2.75) is 50.9 Å². The highest BCUT2D eigenvalue weighted by molar-refractivity contribution is 5.65. The standard InChI is InChI=1S/C35H33N2/c1-25-15-9-13-23-31(25)36-26(2)33-35(28-18-5-3-6-19-28,29-20-7-4-8-21-29)30-22-12-14-24-32(30)37(33)34(36)27-16-10-11-17-27/h3-9,12-15,18-24,27H,10-11,16-17H2,1-2H3/q+1. The highest BCUT2D eigenvalue weighted by Gasteiger charge is 2.56. The molecule has 0 bridgehead atoms. The minimum absolute atomic E-state index is 0.384. The van der Waals surface area contributed by atoms with Crippen LogP contribution in [-0.4, -0.2) is 4.57 Å². The van der Waals surface area contributed by atoms with Gasteiger partial charge in [0, 0.05) is 12.5 Å². The molecule has 0 atom stereocenters. The Hall–Kier alpha value is -3.91. The summed E-state index contributed by atoms with van der Waals surface area (Å²) in [6.45, 7) is 4.60. The first-order chi connectivity index (χ1) is 18.2. The zero-order valence-corrected chi connectivity index (χ0v) is 21.7. The Labute approximate surface area is 219 Å². The summed E-state index contributed by atoms with van der Waals surface area (Å²) in [5.41, 5.74) is 10.3. The van der Waals surface area contributed by atoms with Gasteiger partial charge in [-0.3, -0.25) is 0 Å². The molecule has 0 amide bonds. The lowest BCUT2D eigenvalue weighted by Crippen LogP contribution is -2.39. The van der Waals surface area contributed by atoms with Crippen LogP contribution >= 0.6 is 0 Å². The lowest BCUT2D eigenvalue weighted by atomic mass is 9.68. The van der Waals surface area contributed by atoms with Gasteiger partial charge in [0.05, 0.1) is 5.92 Å². The van der Waals surface area contributed by atoms with E-state index >= 15 is 0 Å². The molecule has 2 heterocycles. The summed E-state index contributed by atoms with van der Waals surface area (Å²) in [6.07, 6.45) is 5.12. The Morgan fingerprint density at radius 3 is 1.89 bits per heavy atom. The van der Waals surface area contributed by atoms with Gasteiger partial charge in [0.2, 0.25) is 0 Å². The van der Waals surface area contributed by atoms with Crippen molar-refractivity contribution in [2.24, 2.45) is 0 Å². The Balaban J connectivity index is 1.69. The van der Waals surface area contributed by atoms with Crippen LogP contribution in [0.5, 0.6) is 0 Å². The van der Waals surface area contributed by atoms with E-state index < -0.39 is 0 Å². The number of aromatic nitrogens is 2. The Kier molecular flexibility index (Phi) is 5.18. The molecule has 0 N–H and O–H groups in total. The molecule has 1 aliphatic carbocycles. The van der Waals surface area contributed by atoms with Gasteiger partial charge in [0.1, 0.15) is 16.8 Å². The summed E-state index contributed by atoms with van der Waals surface area (Å²) in [5, 5.41) is 0. The van der Waals surface area contributed by atoms with Gasteiger partial charge in [-0.2, -0.15) is 9.13 Å². The average Bonchev–Trinajstić information content (AvgIpc) is 3.65. The van der Waals surface area contributed by atoms with Crippen molar-refractivity contribution in [1.29, 1.82) is 0 Å². The third kappa shape index (κ3) is 3.08. The maximum Gasteiger partial charge on any atom is 0.270 e. The maximum absolute atomic E-state index is 2.66. The number of para-hydroxylation sites is 2. The van der Waals surface area contributed by atoms with Gasteiger partial charge >= 0.3 is 0 Å². The second kappa shape index (κ2) is 8.59. The van der Waals surface area contributed by atoms with E-state index in [0.717, 1.165) is 0 Å². The van der Waals surface area contributed by atoms with Crippen LogP contribution in [0.3, 0.4) is 0 Å². The van der Waals surface area contributed by atoms with E-state index in [1.165, 1.54) is 76.5 Å². The molecule has 4 aromatic carbocycles. The number of benzene rings is 4. The van der Waals surface area contributed by atoms with Crippen LogP contribution in [0.15, 0.2) is 109 Å². The summed E-state index contributed by atoms with van der Waals surface area (Å²) in [6, 6.07) is 40.3. The molecule has 2 heteroatoms. The van der Waals surface area contributed by atoms with Gasteiger partial charge in [-0.1, -0.05) is 110 Å². The molecule has 37 heavy (non-hydrogen) atoms. The predicted molar refractivity (Wildman–Crippen MR) is 150 cm³/mol. The highest BCUT2D eigenvalue weighted by Crippen LogP contribution is 2.52. The zero-order chi connectivity index (χ0) is 25.0. The van der Waals surface area contributed by atoms with E-state index in [9.17, 15) is 0 Å². The fourth-order valence-electron chi connectivity index (χ4n) is 7.25. The van der Waals surface area contributed by atoms with E-state index in [-0.39, 0.29) is 5.41 Å². The Morgan fingerprint density at radius 1 is 0.676 bits per heavy atom. The quantitative estimate of drug-likeness (QED) is 0.228. The largest absolute Gasteiger partial charge is 0.270 e. The normalized spacial score (nSPS) is 16.1. The number of aryl methyl sites for hydroxylation is 1. The summed E-state index contributed by atoms with van der Waals surface area (Å²) < 4.78 is 5.27. The monoisotopic (exact) mass is 481 g/mol. The van der Waals surface area contributed by atoms with E-state index in [1.807, 2.05) is 0 Å². The van der Waals surface area contributed by atoms with Gasteiger partial charge in [0.25, 0.3) is 5.82 Å². The van der Waals surface area contributed by atoms with E-state index in [2.05, 4.69) is 132 Å². The molecule has 0 unspecified atom stereocenters. The molecule has 1 fully saturated rings. The van der Waals surface area contributed by atoms with Gasteiger partial charge in [-0.25, -0.2) is 0 Å². The third-order valence-corrected chi connectivity index (χ3v) is 8.75. The molecule has 0 spiro atoms. The number of hydrogen-bond donors (Lipinski definition) is 0. The smallest absolute Gasteiger partial charge is 0.196 e. The van der Waals surface area contributed by atoms with Crippen molar-refractivity contribution in [2.75, 3.05) is 0 Å². The Morgan fingerprint density at radius 2 is 1.24 bits per heavy atom. The van der Waals surface area contributed by atoms with E-state index in [0.29, 0.717) is 5.92 Å². The first kappa shape index (κ1) is 22.3. The molecule has 2 aliphatic rings. The van der Waals surface area contributed by atoms with Gasteiger partial charge < -0.3 is 0 Å². The molecule has 1 aliphatic heterocycles. The minimum Gasteiger partial charge on any atom is -0.196 e. The van der Waals surface area contributed by atoms with Crippen LogP contribution in [-0.2, 0) is 5.41 Å². The van der Waals surface area contributed by atoms with Crippen LogP contribution in [0, 0.1) is 13.8 Å². The van der Waals surface area contributed by atoms with Crippen molar-refractivity contribution < 1.29 is 4.57 Å². The van der Waals surface area contributed by atoms with Crippen LogP contribution in [0.2, 0.25) is 0 Å². The van der Waals surface area contributed by atoms with Gasteiger partial charge in [-0.15, -0.1) is 0 Å². The molecule has 0 radical (unpaired) electrons. The number of hydrogen-bond acceptors (Lipinski definition) is 0. The number of nitrogens with zero attached hydrogens (tertiary/aromatic N) is 2. The van der Waals surface area contributed by atoms with Crippen molar-refractivity contribution in [1.82, 2.24) is 4.57 Å². The lowest BCUT2D eigenvalue weighted by Gasteiger charge is -2.30. The molecular weight excluding hydrogens is 448 g/mol. The van der Waals surface area contributed by atoms with Gasteiger partial charge in [-0.05, 0) is 48.6 Å². The van der Waals surface area contributed by atoms with Crippen molar-refractivity contribution >= 4 is 0 Å². The molecule has 5 aromatic rings. The summed E-state index contributed by atoms with van der Waals surface area (Å²) in [5.74, 6) is 1.99. The number of fused-ring (bicyclic) bond motifs is 3. The van der Waals surface area contributed by atoms with Crippen molar-refractivity contribution in [3.05, 3.63) is 149 Å². The molecular formula is C35H33N2+. The second-order valence-corrected chi connectivity index (χ2v) is 10.7. The van der Waals surface area contributed by atoms with E-state index in [1.54, 1.807) is 0 Å². The Bertz CT molecular complexity index is 1550. The van der Waals surface area contributed by atoms with E-state index in [4.69, 9.17) is 0 Å². The lowest BCUT2D eigenvalue weighted by molar-refractivity contribution is -0.608. The minimum atomic E-state index is -0.384. The number of rotatable bonds is 4. The summed E-state index contributed by atoms with van der Waals surface area (Å²) >= 11 is 0. The van der Waals surface area contributed by atoms with Crippen molar-refractivity contribution in [3.63, 3.8) is 0 Å². The average molecular weight is 482 g/mol. The maximum atomic E-state index is 2.66. The topological polar surface area (TPSA) is 8.81 Å². The van der Waals surface area contributed by atoms with Crippen LogP contribution in [0.25, 0.3) is 11.4 Å². The number of imidazole rings is 1. The second-order valence-electron chi connectivity index (χ2n) is 10.7. The molecule has 2 nitrogen and oxygen atoms in total. The highest BCUT2D eigenvalue weighted by atomic mass is 15.2. The van der Waals surface area contributed by atoms with Crippen LogP contribution < -0.4 is 4.57 Å². The molecule has 1 aromatic heterocycles. The summed E-state index contributed by atoms with van der Waals surface area (Å²) in [7, 11) is 0. The zero-order valence-electron chi connectivity index (χ0n) is 21.7. The fourth-order valence-corrected chi connectivity index (χ4v) is 7.25. The third-order valence-electron chi connectivity index (χ3n) is 8.75. The van der Waals surface area contributed by atoms with Crippen LogP contribution in [0.4, 0.5) is 0 Å². The molecule has 1 saturated carbocycles. The SMILES string of the molecule is Cc1ccccc1-n1c(C)c2[n+](c1C1CCCC1)-c1ccccc1C2(c1ccccc1)c1ccccc1. The molecule has 182 valence electrons. The molecule has 7 rings (SSSR count). The first-order valence-electron chi connectivity index (χ1n) is 13.7. The predicted octanol–water partition coefficient (Wildman–Crippen LogP) is 7.72. The molecule has 0 saturated heterocycles. The van der Waals surface area contributed by atoms with Crippen LogP contribution in [0.1, 0.15) is 71.1 Å². The van der Waals surface area contributed by atoms with Crippen molar-refractivity contribution in [3.8, 4) is 11.4 Å². The summed E-state index contributed by atoms with van der Waals surface area (Å²) in [4.78, 5) is 0. The first-order valence-corrected chi connectivity index (χ1v) is 13.7. The van der Waals surface area contributed by atoms with Gasteiger partial charge in [0.15, 0.2) is 11.4 Å².